The largest absolute Gasteiger partial charge is 0.379 e. The number of nitrogens with one attached hydrogen (secondary N) is 2. The average molecular weight is 433 g/mol. The molecule has 30 heavy (non-hydrogen) atoms. The Morgan fingerprint density at radius 1 is 0.667 bits per heavy atom. The van der Waals surface area contributed by atoms with Crippen molar-refractivity contribution >= 4 is 11.8 Å². The molecule has 0 fully saturated rings. The minimum absolute atomic E-state index is 0.0185. The van der Waals surface area contributed by atoms with Crippen LogP contribution >= 0.6 is 0 Å². The van der Waals surface area contributed by atoms with Crippen molar-refractivity contribution in [1.82, 2.24) is 10.6 Å². The normalized spacial score (nSPS) is 11.1. The summed E-state index contributed by atoms with van der Waals surface area (Å²) >= 11 is 0. The number of unbranched alkanes of at least 4 members (excludes halogenated alkanes) is 3. The molecule has 0 unspecified atom stereocenters. The maximum Gasteiger partial charge on any atom is 0.222 e. The Morgan fingerprint density at radius 3 is 1.77 bits per heavy atom. The molecular weight excluding hydrogens is 388 g/mol. The van der Waals surface area contributed by atoms with E-state index in [0.717, 1.165) is 12.8 Å². The van der Waals surface area contributed by atoms with Crippen LogP contribution in [-0.2, 0) is 28.5 Å². The van der Waals surface area contributed by atoms with E-state index in [1.807, 2.05) is 0 Å². The van der Waals surface area contributed by atoms with E-state index in [-0.39, 0.29) is 11.8 Å². The van der Waals surface area contributed by atoms with Crippen LogP contribution < -0.4 is 10.6 Å². The minimum Gasteiger partial charge on any atom is -0.379 e. The number of hydrogen-bond donors (Lipinski definition) is 2. The van der Waals surface area contributed by atoms with Crippen molar-refractivity contribution in [3.8, 4) is 0 Å². The summed E-state index contributed by atoms with van der Waals surface area (Å²) in [6, 6.07) is 0. The van der Waals surface area contributed by atoms with Crippen molar-refractivity contribution in [2.45, 2.75) is 59.3 Å². The van der Waals surface area contributed by atoms with E-state index >= 15 is 0 Å². The van der Waals surface area contributed by atoms with Crippen LogP contribution in [0.3, 0.4) is 0 Å². The third-order valence-corrected chi connectivity index (χ3v) is 4.12. The fourth-order valence-corrected chi connectivity index (χ4v) is 2.40. The molecule has 0 spiro atoms. The first-order valence-corrected chi connectivity index (χ1v) is 11.4. The van der Waals surface area contributed by atoms with Gasteiger partial charge < -0.3 is 29.6 Å². The molecule has 0 radical (unpaired) electrons. The zero-order valence-corrected chi connectivity index (χ0v) is 19.3. The molecule has 178 valence electrons. The highest BCUT2D eigenvalue weighted by Crippen LogP contribution is 2.01. The summed E-state index contributed by atoms with van der Waals surface area (Å²) in [7, 11) is 0. The topological polar surface area (TPSA) is 95.1 Å². The molecule has 8 nitrogen and oxygen atoms in total. The van der Waals surface area contributed by atoms with E-state index in [4.69, 9.17) is 18.9 Å². The standard InChI is InChI=1S/C22H44N2O6/c1-4-5-6-7-8-21(25)23-10-12-28-14-16-30-18-17-29-15-13-27-11-9-22(26)24-19-20(2)3/h20H,4-19H2,1-3H3,(H,23,25)(H,24,26). The third kappa shape index (κ3) is 23.1. The Balaban J connectivity index is 3.18. The van der Waals surface area contributed by atoms with Gasteiger partial charge in [0.2, 0.25) is 11.8 Å². The first-order chi connectivity index (χ1) is 14.6. The molecular formula is C22H44N2O6. The van der Waals surface area contributed by atoms with Crippen molar-refractivity contribution in [3.63, 3.8) is 0 Å². The molecule has 0 aromatic carbocycles. The lowest BCUT2D eigenvalue weighted by molar-refractivity contribution is -0.122. The van der Waals surface area contributed by atoms with Gasteiger partial charge in [-0.1, -0.05) is 40.0 Å². The monoisotopic (exact) mass is 432 g/mol. The molecule has 0 rings (SSSR count). The van der Waals surface area contributed by atoms with Gasteiger partial charge in [0.05, 0.1) is 52.9 Å². The lowest BCUT2D eigenvalue weighted by Crippen LogP contribution is -2.28. The number of amides is 2. The summed E-state index contributed by atoms with van der Waals surface area (Å²) in [5.74, 6) is 0.570. The van der Waals surface area contributed by atoms with Crippen molar-refractivity contribution < 1.29 is 28.5 Å². The molecule has 0 bridgehead atoms. The maximum atomic E-state index is 11.6. The summed E-state index contributed by atoms with van der Waals surface area (Å²) in [6.45, 7) is 11.3. The fraction of sp³-hybridized carbons (Fsp3) is 0.909. The van der Waals surface area contributed by atoms with Crippen LogP contribution in [0, 0.1) is 5.92 Å². The van der Waals surface area contributed by atoms with Crippen LogP contribution in [0.1, 0.15) is 59.3 Å². The molecule has 0 aromatic rings. The van der Waals surface area contributed by atoms with E-state index in [1.54, 1.807) is 0 Å². The zero-order valence-electron chi connectivity index (χ0n) is 19.3. The summed E-state index contributed by atoms with van der Waals surface area (Å²) in [5.41, 5.74) is 0. The quantitative estimate of drug-likeness (QED) is 0.255. The van der Waals surface area contributed by atoms with Crippen LogP contribution in [0.4, 0.5) is 0 Å². The highest BCUT2D eigenvalue weighted by molar-refractivity contribution is 5.76. The van der Waals surface area contributed by atoms with Crippen molar-refractivity contribution in [3.05, 3.63) is 0 Å². The lowest BCUT2D eigenvalue weighted by Gasteiger charge is -2.09. The molecule has 0 saturated heterocycles. The van der Waals surface area contributed by atoms with Gasteiger partial charge in [-0.05, 0) is 12.3 Å². The first kappa shape index (κ1) is 28.8. The van der Waals surface area contributed by atoms with Crippen molar-refractivity contribution in [2.24, 2.45) is 5.92 Å². The van der Waals surface area contributed by atoms with Gasteiger partial charge in [-0.25, -0.2) is 0 Å². The van der Waals surface area contributed by atoms with Crippen LogP contribution in [0.2, 0.25) is 0 Å². The summed E-state index contributed by atoms with van der Waals surface area (Å²) < 4.78 is 21.6. The average Bonchev–Trinajstić information content (AvgIpc) is 2.72. The van der Waals surface area contributed by atoms with Crippen LogP contribution in [0.5, 0.6) is 0 Å². The van der Waals surface area contributed by atoms with Gasteiger partial charge >= 0.3 is 0 Å². The summed E-state index contributed by atoms with van der Waals surface area (Å²) in [5, 5.41) is 5.71. The smallest absolute Gasteiger partial charge is 0.222 e. The van der Waals surface area contributed by atoms with E-state index in [0.29, 0.717) is 84.7 Å². The SMILES string of the molecule is CCCCCCC(=O)NCCOCCOCCOCCOCCC(=O)NCC(C)C. The Kier molecular flexibility index (Phi) is 21.6. The molecule has 0 aliphatic carbocycles. The van der Waals surface area contributed by atoms with Crippen LogP contribution in [0.25, 0.3) is 0 Å². The van der Waals surface area contributed by atoms with E-state index in [1.165, 1.54) is 12.8 Å². The Labute approximate surface area is 182 Å². The predicted molar refractivity (Wildman–Crippen MR) is 118 cm³/mol. The van der Waals surface area contributed by atoms with Gasteiger partial charge in [0.1, 0.15) is 0 Å². The molecule has 0 aromatic heterocycles. The summed E-state index contributed by atoms with van der Waals surface area (Å²) in [4.78, 5) is 23.1. The minimum atomic E-state index is 0.0185. The highest BCUT2D eigenvalue weighted by atomic mass is 16.6. The number of rotatable bonds is 22. The second-order valence-electron chi connectivity index (χ2n) is 7.56. The lowest BCUT2D eigenvalue weighted by atomic mass is 10.1. The Bertz CT molecular complexity index is 407. The van der Waals surface area contributed by atoms with Crippen molar-refractivity contribution in [2.75, 3.05) is 65.9 Å². The van der Waals surface area contributed by atoms with Gasteiger partial charge in [-0.3, -0.25) is 9.59 Å². The van der Waals surface area contributed by atoms with Gasteiger partial charge in [-0.15, -0.1) is 0 Å². The first-order valence-electron chi connectivity index (χ1n) is 11.4. The zero-order chi connectivity index (χ0) is 22.3. The van der Waals surface area contributed by atoms with E-state index < -0.39 is 0 Å². The summed E-state index contributed by atoms with van der Waals surface area (Å²) in [6.07, 6.45) is 5.41. The highest BCUT2D eigenvalue weighted by Gasteiger charge is 2.02. The van der Waals surface area contributed by atoms with Gasteiger partial charge in [0, 0.05) is 25.9 Å². The van der Waals surface area contributed by atoms with E-state index in [9.17, 15) is 9.59 Å². The molecule has 0 aliphatic rings. The van der Waals surface area contributed by atoms with E-state index in [2.05, 4.69) is 31.4 Å². The number of carbonyl (C=O) groups is 2. The van der Waals surface area contributed by atoms with Crippen LogP contribution in [0.15, 0.2) is 0 Å². The third-order valence-electron chi connectivity index (χ3n) is 4.12. The molecule has 2 amide bonds. The molecule has 8 heteroatoms. The number of ether oxygens (including phenoxy) is 4. The van der Waals surface area contributed by atoms with Gasteiger partial charge in [0.25, 0.3) is 0 Å². The Hall–Kier alpha value is -1.22. The molecule has 0 saturated carbocycles. The maximum absolute atomic E-state index is 11.6. The predicted octanol–water partition coefficient (Wildman–Crippen LogP) is 2.30. The van der Waals surface area contributed by atoms with Crippen LogP contribution in [-0.4, -0.2) is 77.8 Å². The second-order valence-corrected chi connectivity index (χ2v) is 7.56. The molecule has 0 aliphatic heterocycles. The molecule has 0 heterocycles. The van der Waals surface area contributed by atoms with Gasteiger partial charge in [-0.2, -0.15) is 0 Å². The van der Waals surface area contributed by atoms with Gasteiger partial charge in [0.15, 0.2) is 0 Å². The number of carbonyl (C=O) groups excluding carboxylic acids is 2. The van der Waals surface area contributed by atoms with Crippen molar-refractivity contribution in [1.29, 1.82) is 0 Å². The number of hydrogen-bond acceptors (Lipinski definition) is 6. The molecule has 2 N–H and O–H groups in total. The fourth-order valence-electron chi connectivity index (χ4n) is 2.40. The second kappa shape index (κ2) is 22.5. The molecule has 0 atom stereocenters. The Morgan fingerprint density at radius 2 is 1.20 bits per heavy atom.